The van der Waals surface area contributed by atoms with Crippen LogP contribution in [0.1, 0.15) is 28.4 Å². The van der Waals surface area contributed by atoms with E-state index in [0.29, 0.717) is 16.9 Å². The SMILES string of the molecule is COc1cc(/C(=N\N)c2cccn(C(CO)c3ccc(F)cc3)c2=O)ccc1-n1cnc(C)c1. The van der Waals surface area contributed by atoms with Crippen LogP contribution in [0.5, 0.6) is 5.75 Å². The van der Waals surface area contributed by atoms with E-state index in [4.69, 9.17) is 10.6 Å². The predicted octanol–water partition coefficient (Wildman–Crippen LogP) is 2.78. The molecule has 0 bridgehead atoms. The number of benzene rings is 2. The molecule has 0 saturated carbocycles. The van der Waals surface area contributed by atoms with Crippen LogP contribution >= 0.6 is 0 Å². The minimum atomic E-state index is -0.700. The molecule has 2 aromatic carbocycles. The average Bonchev–Trinajstić information content (AvgIpc) is 3.29. The predicted molar refractivity (Wildman–Crippen MR) is 127 cm³/mol. The van der Waals surface area contributed by atoms with Gasteiger partial charge in [0.05, 0.1) is 43.0 Å². The highest BCUT2D eigenvalue weighted by Crippen LogP contribution is 2.26. The number of hydrogen-bond acceptors (Lipinski definition) is 6. The number of imidazole rings is 1. The lowest BCUT2D eigenvalue weighted by atomic mass is 10.0. The lowest BCUT2D eigenvalue weighted by Crippen LogP contribution is -2.31. The van der Waals surface area contributed by atoms with Crippen molar-refractivity contribution in [2.45, 2.75) is 13.0 Å². The Morgan fingerprint density at radius 1 is 1.24 bits per heavy atom. The number of aliphatic hydroxyl groups excluding tert-OH is 1. The maximum Gasteiger partial charge on any atom is 0.260 e. The van der Waals surface area contributed by atoms with Gasteiger partial charge in [0.25, 0.3) is 5.56 Å². The van der Waals surface area contributed by atoms with Crippen molar-refractivity contribution in [3.63, 3.8) is 0 Å². The first-order valence-corrected chi connectivity index (χ1v) is 10.5. The molecule has 0 saturated heterocycles. The van der Waals surface area contributed by atoms with Gasteiger partial charge in [-0.2, -0.15) is 5.10 Å². The summed E-state index contributed by atoms with van der Waals surface area (Å²) >= 11 is 0. The van der Waals surface area contributed by atoms with Gasteiger partial charge in [-0.1, -0.05) is 18.2 Å². The molecule has 8 nitrogen and oxygen atoms in total. The van der Waals surface area contributed by atoms with Crippen LogP contribution in [-0.2, 0) is 0 Å². The van der Waals surface area contributed by atoms with E-state index < -0.39 is 17.4 Å². The molecule has 4 aromatic rings. The number of nitrogens with two attached hydrogens (primary N) is 1. The molecule has 1 atom stereocenters. The van der Waals surface area contributed by atoms with Crippen LogP contribution in [0.3, 0.4) is 0 Å². The van der Waals surface area contributed by atoms with Crippen molar-refractivity contribution < 1.29 is 14.2 Å². The number of methoxy groups -OCH3 is 1. The number of nitrogens with zero attached hydrogens (tertiary/aromatic N) is 4. The van der Waals surface area contributed by atoms with Gasteiger partial charge in [0.2, 0.25) is 0 Å². The number of rotatable bonds is 7. The fraction of sp³-hybridized carbons (Fsp3) is 0.160. The molecule has 0 radical (unpaired) electrons. The Balaban J connectivity index is 1.77. The second-order valence-electron chi connectivity index (χ2n) is 7.67. The van der Waals surface area contributed by atoms with E-state index in [1.165, 1.54) is 28.8 Å². The normalized spacial score (nSPS) is 12.5. The second-order valence-corrected chi connectivity index (χ2v) is 7.67. The van der Waals surface area contributed by atoms with Gasteiger partial charge in [0.15, 0.2) is 0 Å². The first-order valence-electron chi connectivity index (χ1n) is 10.5. The van der Waals surface area contributed by atoms with Gasteiger partial charge in [-0.25, -0.2) is 9.37 Å². The quantitative estimate of drug-likeness (QED) is 0.250. The number of aryl methyl sites for hydroxylation is 1. The summed E-state index contributed by atoms with van der Waals surface area (Å²) in [6.07, 6.45) is 5.12. The minimum Gasteiger partial charge on any atom is -0.495 e. The maximum absolute atomic E-state index is 13.4. The number of pyridine rings is 1. The summed E-state index contributed by atoms with van der Waals surface area (Å²) in [4.78, 5) is 17.7. The van der Waals surface area contributed by atoms with Gasteiger partial charge in [0, 0.05) is 18.0 Å². The molecule has 4 rings (SSSR count). The summed E-state index contributed by atoms with van der Waals surface area (Å²) < 4.78 is 22.1. The smallest absolute Gasteiger partial charge is 0.260 e. The van der Waals surface area contributed by atoms with Gasteiger partial charge in [-0.15, -0.1) is 0 Å². The van der Waals surface area contributed by atoms with Crippen LogP contribution in [0.2, 0.25) is 0 Å². The van der Waals surface area contributed by atoms with Crippen LogP contribution in [0.25, 0.3) is 5.69 Å². The lowest BCUT2D eigenvalue weighted by Gasteiger charge is -2.19. The number of hydrazone groups is 1. The van der Waals surface area contributed by atoms with Crippen LogP contribution in [0.4, 0.5) is 4.39 Å². The maximum atomic E-state index is 13.4. The van der Waals surface area contributed by atoms with Gasteiger partial charge in [-0.3, -0.25) is 4.79 Å². The summed E-state index contributed by atoms with van der Waals surface area (Å²) in [5, 5.41) is 13.9. The summed E-state index contributed by atoms with van der Waals surface area (Å²) in [7, 11) is 1.55. The standard InChI is InChI=1S/C25H24FN5O3/c1-16-13-30(15-28-16)21-10-7-18(12-23(21)34-2)24(29-27)20-4-3-11-31(25(20)33)22(14-32)17-5-8-19(26)9-6-17/h3-13,15,22,32H,14,27H2,1-2H3/b29-24+. The molecule has 0 spiro atoms. The molecule has 0 aliphatic rings. The highest BCUT2D eigenvalue weighted by atomic mass is 19.1. The van der Waals surface area contributed by atoms with Crippen molar-refractivity contribution in [1.82, 2.24) is 14.1 Å². The molecule has 2 heterocycles. The van der Waals surface area contributed by atoms with E-state index in [1.54, 1.807) is 43.9 Å². The van der Waals surface area contributed by atoms with Crippen LogP contribution in [0.15, 0.2) is 83.2 Å². The molecule has 1 unspecified atom stereocenters. The molecular weight excluding hydrogens is 437 g/mol. The number of aliphatic hydroxyl groups is 1. The van der Waals surface area contributed by atoms with Crippen molar-refractivity contribution in [3.8, 4) is 11.4 Å². The Kier molecular flexibility index (Phi) is 6.55. The van der Waals surface area contributed by atoms with E-state index in [-0.39, 0.29) is 17.9 Å². The highest BCUT2D eigenvalue weighted by molar-refractivity contribution is 6.12. The zero-order valence-corrected chi connectivity index (χ0v) is 18.7. The lowest BCUT2D eigenvalue weighted by molar-refractivity contribution is 0.247. The Bertz CT molecular complexity index is 1390. The van der Waals surface area contributed by atoms with Gasteiger partial charge in [0.1, 0.15) is 17.3 Å². The zero-order valence-electron chi connectivity index (χ0n) is 18.7. The molecule has 174 valence electrons. The minimum absolute atomic E-state index is 0.249. The molecule has 0 amide bonds. The molecule has 0 fully saturated rings. The molecule has 9 heteroatoms. The van der Waals surface area contributed by atoms with Crippen molar-refractivity contribution in [1.29, 1.82) is 0 Å². The van der Waals surface area contributed by atoms with Crippen molar-refractivity contribution in [2.75, 3.05) is 13.7 Å². The molecule has 2 aromatic heterocycles. The van der Waals surface area contributed by atoms with E-state index in [1.807, 2.05) is 23.8 Å². The molecular formula is C25H24FN5O3. The van der Waals surface area contributed by atoms with E-state index >= 15 is 0 Å². The van der Waals surface area contributed by atoms with Crippen LogP contribution in [-0.4, -0.2) is 38.7 Å². The Morgan fingerprint density at radius 2 is 2.00 bits per heavy atom. The average molecular weight is 461 g/mol. The molecule has 3 N–H and O–H groups in total. The summed E-state index contributed by atoms with van der Waals surface area (Å²) in [6.45, 7) is 1.54. The Hall–Kier alpha value is -4.24. The third-order valence-corrected chi connectivity index (χ3v) is 5.57. The number of ether oxygens (including phenoxy) is 1. The van der Waals surface area contributed by atoms with Crippen molar-refractivity contribution >= 4 is 5.71 Å². The summed E-state index contributed by atoms with van der Waals surface area (Å²) in [5.41, 5.74) is 2.92. The fourth-order valence-corrected chi connectivity index (χ4v) is 3.87. The summed E-state index contributed by atoms with van der Waals surface area (Å²) in [6, 6.07) is 13.6. The third kappa shape index (κ3) is 4.33. The second kappa shape index (κ2) is 9.72. The van der Waals surface area contributed by atoms with Gasteiger partial charge < -0.3 is 24.8 Å². The molecule has 0 aliphatic carbocycles. The molecule has 34 heavy (non-hydrogen) atoms. The van der Waals surface area contributed by atoms with Gasteiger partial charge >= 0.3 is 0 Å². The van der Waals surface area contributed by atoms with Gasteiger partial charge in [-0.05, 0) is 48.9 Å². The first-order chi connectivity index (χ1) is 16.5. The van der Waals surface area contributed by atoms with E-state index in [0.717, 1.165) is 11.4 Å². The van der Waals surface area contributed by atoms with Crippen LogP contribution in [0, 0.1) is 12.7 Å². The number of aromatic nitrogens is 3. The highest BCUT2D eigenvalue weighted by Gasteiger charge is 2.20. The first kappa shape index (κ1) is 22.9. The zero-order chi connectivity index (χ0) is 24.2. The Labute approximate surface area is 195 Å². The number of hydrogen-bond donors (Lipinski definition) is 2. The van der Waals surface area contributed by atoms with E-state index in [2.05, 4.69) is 10.1 Å². The van der Waals surface area contributed by atoms with E-state index in [9.17, 15) is 14.3 Å². The fourth-order valence-electron chi connectivity index (χ4n) is 3.87. The molecule has 0 aliphatic heterocycles. The summed E-state index contributed by atoms with van der Waals surface area (Å²) in [5.74, 6) is 5.88. The van der Waals surface area contributed by atoms with Crippen LogP contribution < -0.4 is 16.1 Å². The largest absolute Gasteiger partial charge is 0.495 e. The third-order valence-electron chi connectivity index (χ3n) is 5.57. The van der Waals surface area contributed by atoms with Crippen molar-refractivity contribution in [2.24, 2.45) is 10.9 Å². The topological polar surface area (TPSA) is 108 Å². The number of halogens is 1. The Morgan fingerprint density at radius 3 is 2.62 bits per heavy atom. The monoisotopic (exact) mass is 461 g/mol. The van der Waals surface area contributed by atoms with Crippen molar-refractivity contribution in [3.05, 3.63) is 112 Å².